The molecule has 2 aliphatic heterocycles. The Morgan fingerprint density at radius 1 is 1.03 bits per heavy atom. The second-order valence-corrected chi connectivity index (χ2v) is 9.05. The second-order valence-electron chi connectivity index (χ2n) is 9.05. The van der Waals surface area contributed by atoms with Gasteiger partial charge in [-0.3, -0.25) is 4.68 Å². The molecule has 0 unspecified atom stereocenters. The van der Waals surface area contributed by atoms with Crippen LogP contribution >= 0.6 is 24.8 Å². The summed E-state index contributed by atoms with van der Waals surface area (Å²) >= 11 is 0. The molecule has 0 saturated carbocycles. The first-order chi connectivity index (χ1) is 15.6. The van der Waals surface area contributed by atoms with Crippen molar-refractivity contribution < 1.29 is 0 Å². The van der Waals surface area contributed by atoms with E-state index in [1.807, 2.05) is 31.8 Å². The van der Waals surface area contributed by atoms with Crippen LogP contribution in [0, 0.1) is 16.7 Å². The molecule has 0 atom stereocenters. The smallest absolute Gasteiger partial charge is 0.128 e. The summed E-state index contributed by atoms with van der Waals surface area (Å²) in [5.41, 5.74) is 5.67. The maximum atomic E-state index is 9.62. The molecule has 4 aromatic heterocycles. The molecule has 1 N–H and O–H groups in total. The van der Waals surface area contributed by atoms with Crippen LogP contribution in [0.3, 0.4) is 0 Å². The van der Waals surface area contributed by atoms with Gasteiger partial charge in [-0.05, 0) is 37.6 Å². The third-order valence-corrected chi connectivity index (χ3v) is 6.77. The van der Waals surface area contributed by atoms with Crippen molar-refractivity contribution in [3.63, 3.8) is 0 Å². The molecule has 2 fully saturated rings. The van der Waals surface area contributed by atoms with E-state index in [0.29, 0.717) is 11.0 Å². The first-order valence-electron chi connectivity index (χ1n) is 11.0. The summed E-state index contributed by atoms with van der Waals surface area (Å²) in [4.78, 5) is 7.14. The molecule has 4 aromatic rings. The highest BCUT2D eigenvalue weighted by Crippen LogP contribution is 2.39. The molecule has 0 bridgehead atoms. The Balaban J connectivity index is 0.00000137. The Hall–Kier alpha value is -3.12. The lowest BCUT2D eigenvalue weighted by Gasteiger charge is -2.53. The van der Waals surface area contributed by atoms with E-state index >= 15 is 0 Å². The van der Waals surface area contributed by atoms with Crippen molar-refractivity contribution in [1.82, 2.24) is 29.7 Å². The molecule has 0 radical (unpaired) electrons. The summed E-state index contributed by atoms with van der Waals surface area (Å²) in [5, 5.41) is 21.9. The third-order valence-electron chi connectivity index (χ3n) is 6.77. The van der Waals surface area contributed by atoms with Gasteiger partial charge in [0.05, 0.1) is 23.5 Å². The maximum absolute atomic E-state index is 9.62. The average molecular weight is 497 g/mol. The number of aryl methyl sites for hydroxylation is 1. The Kier molecular flexibility index (Phi) is 6.54. The molecule has 2 aliphatic rings. The topological polar surface area (TPSA) is 87.1 Å². The number of nitrogens with zero attached hydrogens (tertiary/aromatic N) is 7. The Bertz CT molecular complexity index is 1340. The van der Waals surface area contributed by atoms with Gasteiger partial charge >= 0.3 is 0 Å². The molecular formula is C24H26Cl2N8. The fraction of sp³-hybridized carbons (Fsp3) is 0.333. The number of anilines is 1. The SMILES string of the molecule is Cl.Cl.Cn1cc(-c2cc(-c3ccc(N4CC5(CCCNC5)C4)nc3)c3c(C#N)cnn3c2)cn1. The van der Waals surface area contributed by atoms with Gasteiger partial charge < -0.3 is 10.2 Å². The van der Waals surface area contributed by atoms with E-state index in [-0.39, 0.29) is 24.8 Å². The van der Waals surface area contributed by atoms with E-state index in [9.17, 15) is 5.26 Å². The molecule has 0 aliphatic carbocycles. The van der Waals surface area contributed by atoms with Gasteiger partial charge in [0, 0.05) is 72.9 Å². The molecule has 0 amide bonds. The first-order valence-corrected chi connectivity index (χ1v) is 11.0. The molecule has 1 spiro atoms. The van der Waals surface area contributed by atoms with Crippen molar-refractivity contribution in [1.29, 1.82) is 5.26 Å². The second kappa shape index (κ2) is 9.26. The van der Waals surface area contributed by atoms with Gasteiger partial charge in [-0.2, -0.15) is 15.5 Å². The van der Waals surface area contributed by atoms with Crippen molar-refractivity contribution in [2.75, 3.05) is 31.1 Å². The zero-order valence-corrected chi connectivity index (χ0v) is 20.4. The lowest BCUT2D eigenvalue weighted by molar-refractivity contribution is 0.156. The van der Waals surface area contributed by atoms with Crippen LogP contribution in [-0.2, 0) is 7.05 Å². The Morgan fingerprint density at radius 3 is 2.53 bits per heavy atom. The highest BCUT2D eigenvalue weighted by Gasteiger charge is 2.43. The Morgan fingerprint density at radius 2 is 1.88 bits per heavy atom. The van der Waals surface area contributed by atoms with Gasteiger partial charge in [0.25, 0.3) is 0 Å². The number of halogens is 2. The lowest BCUT2D eigenvalue weighted by Crippen LogP contribution is -2.62. The number of piperidine rings is 1. The number of hydrogen-bond acceptors (Lipinski definition) is 6. The van der Waals surface area contributed by atoms with E-state index in [4.69, 9.17) is 4.98 Å². The molecule has 8 nitrogen and oxygen atoms in total. The van der Waals surface area contributed by atoms with Gasteiger partial charge in [0.2, 0.25) is 0 Å². The van der Waals surface area contributed by atoms with Crippen molar-refractivity contribution in [2.24, 2.45) is 12.5 Å². The fourth-order valence-corrected chi connectivity index (χ4v) is 5.11. The summed E-state index contributed by atoms with van der Waals surface area (Å²) in [6, 6.07) is 8.56. The van der Waals surface area contributed by atoms with Gasteiger partial charge in [-0.15, -0.1) is 24.8 Å². The van der Waals surface area contributed by atoms with Crippen LogP contribution in [-0.4, -0.2) is 50.6 Å². The zero-order chi connectivity index (χ0) is 21.7. The summed E-state index contributed by atoms with van der Waals surface area (Å²) in [7, 11) is 1.90. The first kappa shape index (κ1) is 24.0. The number of pyridine rings is 2. The normalized spacial score (nSPS) is 16.4. The summed E-state index contributed by atoms with van der Waals surface area (Å²) in [6.07, 6.45) is 11.8. The van der Waals surface area contributed by atoms with Gasteiger partial charge in [-0.1, -0.05) is 0 Å². The molecule has 10 heteroatoms. The predicted molar refractivity (Wildman–Crippen MR) is 137 cm³/mol. The van der Waals surface area contributed by atoms with E-state index in [0.717, 1.165) is 59.8 Å². The summed E-state index contributed by atoms with van der Waals surface area (Å²) in [5.74, 6) is 1.01. The number of nitrogens with one attached hydrogen (secondary N) is 1. The van der Waals surface area contributed by atoms with Crippen LogP contribution in [0.2, 0.25) is 0 Å². The fourth-order valence-electron chi connectivity index (χ4n) is 5.11. The molecule has 0 aromatic carbocycles. The van der Waals surface area contributed by atoms with Crippen molar-refractivity contribution in [3.05, 3.63) is 54.7 Å². The number of aromatic nitrogens is 5. The number of hydrogen-bond donors (Lipinski definition) is 1. The van der Waals surface area contributed by atoms with Gasteiger partial charge in [0.1, 0.15) is 11.9 Å². The standard InChI is InChI=1S/C24H24N8.2ClH/c1-30-12-20(11-28-30)18-7-21(23-19(8-25)10-29-32(23)13-18)17-3-4-22(27-9-17)31-15-24(16-31)5-2-6-26-14-24;;/h3-4,7,9-13,26H,2,5-6,14-16H2,1H3;2*1H. The quantitative estimate of drug-likeness (QED) is 0.465. The minimum absolute atomic E-state index is 0. The average Bonchev–Trinajstić information content (AvgIpc) is 3.43. The van der Waals surface area contributed by atoms with E-state index in [2.05, 4.69) is 44.7 Å². The van der Waals surface area contributed by atoms with Crippen LogP contribution in [0.5, 0.6) is 0 Å². The third kappa shape index (κ3) is 4.00. The van der Waals surface area contributed by atoms with Crippen LogP contribution in [0.1, 0.15) is 18.4 Å². The zero-order valence-electron chi connectivity index (χ0n) is 18.8. The lowest BCUT2D eigenvalue weighted by atomic mass is 9.74. The molecule has 34 heavy (non-hydrogen) atoms. The van der Waals surface area contributed by atoms with E-state index in [1.54, 1.807) is 15.4 Å². The number of nitriles is 1. The van der Waals surface area contributed by atoms with Crippen molar-refractivity contribution in [3.8, 4) is 28.3 Å². The molecular weight excluding hydrogens is 471 g/mol. The van der Waals surface area contributed by atoms with Crippen LogP contribution in [0.4, 0.5) is 5.82 Å². The minimum Gasteiger partial charge on any atom is -0.355 e. The summed E-state index contributed by atoms with van der Waals surface area (Å²) < 4.78 is 3.56. The highest BCUT2D eigenvalue weighted by molar-refractivity contribution is 5.87. The van der Waals surface area contributed by atoms with Gasteiger partial charge in [-0.25, -0.2) is 9.50 Å². The Labute approximate surface area is 210 Å². The number of rotatable bonds is 3. The molecule has 2 saturated heterocycles. The van der Waals surface area contributed by atoms with Crippen LogP contribution < -0.4 is 10.2 Å². The van der Waals surface area contributed by atoms with Crippen molar-refractivity contribution in [2.45, 2.75) is 12.8 Å². The van der Waals surface area contributed by atoms with Gasteiger partial charge in [0.15, 0.2) is 0 Å². The van der Waals surface area contributed by atoms with E-state index in [1.165, 1.54) is 12.8 Å². The van der Waals surface area contributed by atoms with E-state index < -0.39 is 0 Å². The maximum Gasteiger partial charge on any atom is 0.128 e. The largest absolute Gasteiger partial charge is 0.355 e. The van der Waals surface area contributed by atoms with Crippen molar-refractivity contribution >= 4 is 36.1 Å². The minimum atomic E-state index is 0. The highest BCUT2D eigenvalue weighted by atomic mass is 35.5. The predicted octanol–water partition coefficient (Wildman–Crippen LogP) is 3.70. The molecule has 176 valence electrons. The molecule has 6 rings (SSSR count). The number of fused-ring (bicyclic) bond motifs is 1. The molecule has 6 heterocycles. The monoisotopic (exact) mass is 496 g/mol. The van der Waals surface area contributed by atoms with Crippen LogP contribution in [0.25, 0.3) is 27.8 Å². The summed E-state index contributed by atoms with van der Waals surface area (Å²) in [6.45, 7) is 4.38. The van der Waals surface area contributed by atoms with Crippen LogP contribution in [0.15, 0.2) is 49.2 Å².